The molecule has 0 aliphatic carbocycles. The number of carbonyl (C=O) groups is 1. The lowest BCUT2D eigenvalue weighted by Crippen LogP contribution is -2.42. The van der Waals surface area contributed by atoms with Crippen molar-refractivity contribution in [3.63, 3.8) is 0 Å². The number of nitrogens with one attached hydrogen (secondary N) is 1. The number of carboxylic acid groups (broad SMARTS) is 1. The van der Waals surface area contributed by atoms with Crippen molar-refractivity contribution in [3.8, 4) is 0 Å². The SMILES string of the molecule is CCC(C)NC(CCS)C(=O)O. The van der Waals surface area contributed by atoms with Crippen LogP contribution in [0.25, 0.3) is 0 Å². The summed E-state index contributed by atoms with van der Waals surface area (Å²) in [6.07, 6.45) is 1.51. The third kappa shape index (κ3) is 4.62. The first-order valence-corrected chi connectivity index (χ1v) is 4.84. The molecule has 2 N–H and O–H groups in total. The summed E-state index contributed by atoms with van der Waals surface area (Å²) < 4.78 is 0. The molecule has 72 valence electrons. The Balaban J connectivity index is 3.86. The second-order valence-electron chi connectivity index (χ2n) is 2.88. The minimum Gasteiger partial charge on any atom is -0.480 e. The summed E-state index contributed by atoms with van der Waals surface area (Å²) in [6, 6.07) is -0.191. The van der Waals surface area contributed by atoms with Crippen molar-refractivity contribution in [2.75, 3.05) is 5.75 Å². The fraction of sp³-hybridized carbons (Fsp3) is 0.875. The maximum absolute atomic E-state index is 10.6. The van der Waals surface area contributed by atoms with Crippen molar-refractivity contribution >= 4 is 18.6 Å². The van der Waals surface area contributed by atoms with E-state index >= 15 is 0 Å². The van der Waals surface area contributed by atoms with Crippen LogP contribution >= 0.6 is 12.6 Å². The summed E-state index contributed by atoms with van der Waals surface area (Å²) in [6.45, 7) is 4.01. The van der Waals surface area contributed by atoms with Gasteiger partial charge in [-0.15, -0.1) is 0 Å². The molecule has 2 unspecified atom stereocenters. The molecule has 0 rings (SSSR count). The van der Waals surface area contributed by atoms with Crippen molar-refractivity contribution in [1.82, 2.24) is 5.32 Å². The van der Waals surface area contributed by atoms with Crippen LogP contribution in [0.2, 0.25) is 0 Å². The van der Waals surface area contributed by atoms with Gasteiger partial charge in [0.25, 0.3) is 0 Å². The highest BCUT2D eigenvalue weighted by molar-refractivity contribution is 7.80. The van der Waals surface area contributed by atoms with E-state index in [1.54, 1.807) is 0 Å². The van der Waals surface area contributed by atoms with Gasteiger partial charge in [-0.25, -0.2) is 0 Å². The van der Waals surface area contributed by atoms with Gasteiger partial charge in [-0.3, -0.25) is 4.79 Å². The van der Waals surface area contributed by atoms with Crippen LogP contribution in [0.1, 0.15) is 26.7 Å². The smallest absolute Gasteiger partial charge is 0.320 e. The molecule has 0 aromatic rings. The van der Waals surface area contributed by atoms with Crippen LogP contribution in [0.15, 0.2) is 0 Å². The van der Waals surface area contributed by atoms with E-state index in [1.807, 2.05) is 13.8 Å². The molecule has 0 amide bonds. The van der Waals surface area contributed by atoms with Crippen molar-refractivity contribution in [1.29, 1.82) is 0 Å². The Labute approximate surface area is 79.0 Å². The van der Waals surface area contributed by atoms with Gasteiger partial charge in [0, 0.05) is 6.04 Å². The molecule has 0 fully saturated rings. The molecular weight excluding hydrogens is 174 g/mol. The van der Waals surface area contributed by atoms with Gasteiger partial charge >= 0.3 is 5.97 Å². The predicted octanol–water partition coefficient (Wildman–Crippen LogP) is 1.15. The molecule has 0 saturated heterocycles. The van der Waals surface area contributed by atoms with Crippen LogP contribution < -0.4 is 5.32 Å². The first kappa shape index (κ1) is 11.8. The lowest BCUT2D eigenvalue weighted by atomic mass is 10.2. The van der Waals surface area contributed by atoms with E-state index in [0.717, 1.165) is 6.42 Å². The fourth-order valence-electron chi connectivity index (χ4n) is 0.868. The lowest BCUT2D eigenvalue weighted by molar-refractivity contribution is -0.139. The van der Waals surface area contributed by atoms with Gasteiger partial charge in [0.05, 0.1) is 0 Å². The monoisotopic (exact) mass is 191 g/mol. The third-order valence-electron chi connectivity index (χ3n) is 1.81. The van der Waals surface area contributed by atoms with Crippen molar-refractivity contribution in [3.05, 3.63) is 0 Å². The highest BCUT2D eigenvalue weighted by Gasteiger charge is 2.17. The number of hydrogen-bond donors (Lipinski definition) is 3. The third-order valence-corrected chi connectivity index (χ3v) is 2.07. The van der Waals surface area contributed by atoms with Gasteiger partial charge in [0.1, 0.15) is 6.04 Å². The van der Waals surface area contributed by atoms with E-state index in [-0.39, 0.29) is 6.04 Å². The molecule has 0 spiro atoms. The molecule has 0 aromatic carbocycles. The van der Waals surface area contributed by atoms with Gasteiger partial charge < -0.3 is 10.4 Å². The predicted molar refractivity (Wildman–Crippen MR) is 52.8 cm³/mol. The molecule has 0 radical (unpaired) electrons. The first-order chi connectivity index (χ1) is 5.61. The van der Waals surface area contributed by atoms with Crippen LogP contribution in [-0.2, 0) is 4.79 Å². The minimum atomic E-state index is -0.788. The molecule has 3 nitrogen and oxygen atoms in total. The van der Waals surface area contributed by atoms with Crippen molar-refractivity contribution in [2.24, 2.45) is 0 Å². The Morgan fingerprint density at radius 1 is 1.67 bits per heavy atom. The molecule has 0 bridgehead atoms. The average Bonchev–Trinajstić information content (AvgIpc) is 2.03. The fourth-order valence-corrected chi connectivity index (χ4v) is 1.13. The lowest BCUT2D eigenvalue weighted by Gasteiger charge is -2.17. The van der Waals surface area contributed by atoms with E-state index in [9.17, 15) is 4.79 Å². The van der Waals surface area contributed by atoms with Gasteiger partial charge in [0.2, 0.25) is 0 Å². The molecule has 2 atom stereocenters. The zero-order valence-corrected chi connectivity index (χ0v) is 8.47. The number of carboxylic acids is 1. The molecule has 0 aliphatic rings. The summed E-state index contributed by atoms with van der Waals surface area (Å²) in [4.78, 5) is 10.6. The van der Waals surface area contributed by atoms with Crippen LogP contribution in [-0.4, -0.2) is 28.9 Å². The van der Waals surface area contributed by atoms with Crippen molar-refractivity contribution < 1.29 is 9.90 Å². The zero-order chi connectivity index (χ0) is 9.56. The zero-order valence-electron chi connectivity index (χ0n) is 7.58. The average molecular weight is 191 g/mol. The standard InChI is InChI=1S/C8H17NO2S/c1-3-6(2)9-7(4-5-12)8(10)11/h6-7,9,12H,3-5H2,1-2H3,(H,10,11). The Morgan fingerprint density at radius 2 is 2.25 bits per heavy atom. The highest BCUT2D eigenvalue weighted by Crippen LogP contribution is 1.98. The maximum Gasteiger partial charge on any atom is 0.320 e. The van der Waals surface area contributed by atoms with E-state index in [4.69, 9.17) is 5.11 Å². The molecule has 0 aromatic heterocycles. The summed E-state index contributed by atoms with van der Waals surface area (Å²) >= 11 is 4.00. The summed E-state index contributed by atoms with van der Waals surface area (Å²) in [5.41, 5.74) is 0. The Morgan fingerprint density at radius 3 is 2.58 bits per heavy atom. The molecule has 4 heteroatoms. The van der Waals surface area contributed by atoms with E-state index in [2.05, 4.69) is 17.9 Å². The number of rotatable bonds is 6. The van der Waals surface area contributed by atoms with Crippen LogP contribution in [0.3, 0.4) is 0 Å². The first-order valence-electron chi connectivity index (χ1n) is 4.21. The van der Waals surface area contributed by atoms with Crippen molar-refractivity contribution in [2.45, 2.75) is 38.8 Å². The second-order valence-corrected chi connectivity index (χ2v) is 3.33. The van der Waals surface area contributed by atoms with Crippen LogP contribution in [0.5, 0.6) is 0 Å². The summed E-state index contributed by atoms with van der Waals surface area (Å²) in [7, 11) is 0. The largest absolute Gasteiger partial charge is 0.480 e. The minimum absolute atomic E-state index is 0.256. The topological polar surface area (TPSA) is 49.3 Å². The number of thiol groups is 1. The molecule has 12 heavy (non-hydrogen) atoms. The molecule has 0 aliphatic heterocycles. The molecule has 0 saturated carbocycles. The van der Waals surface area contributed by atoms with E-state index in [1.165, 1.54) is 0 Å². The molecule has 0 heterocycles. The van der Waals surface area contributed by atoms with E-state index < -0.39 is 12.0 Å². The highest BCUT2D eigenvalue weighted by atomic mass is 32.1. The summed E-state index contributed by atoms with van der Waals surface area (Å²) in [5, 5.41) is 11.8. The van der Waals surface area contributed by atoms with Crippen LogP contribution in [0, 0.1) is 0 Å². The van der Waals surface area contributed by atoms with Gasteiger partial charge in [0.15, 0.2) is 0 Å². The Bertz CT molecular complexity index is 141. The summed E-state index contributed by atoms with van der Waals surface area (Å²) in [5.74, 6) is -0.190. The Hall–Kier alpha value is -0.220. The number of aliphatic carboxylic acids is 1. The van der Waals surface area contributed by atoms with Gasteiger partial charge in [-0.05, 0) is 25.5 Å². The Kier molecular flexibility index (Phi) is 6.20. The number of hydrogen-bond acceptors (Lipinski definition) is 3. The van der Waals surface area contributed by atoms with Gasteiger partial charge in [-0.2, -0.15) is 12.6 Å². The second kappa shape index (κ2) is 6.31. The normalized spacial score (nSPS) is 15.6. The quantitative estimate of drug-likeness (QED) is 0.552. The van der Waals surface area contributed by atoms with Gasteiger partial charge in [-0.1, -0.05) is 6.92 Å². The van der Waals surface area contributed by atoms with Crippen LogP contribution in [0.4, 0.5) is 0 Å². The van der Waals surface area contributed by atoms with E-state index in [0.29, 0.717) is 12.2 Å². The molecular formula is C8H17NO2S. The maximum atomic E-state index is 10.6.